The molecule has 0 unspecified atom stereocenters. The lowest BCUT2D eigenvalue weighted by Gasteiger charge is -2.06. The molecule has 0 atom stereocenters. The van der Waals surface area contributed by atoms with Crippen molar-refractivity contribution in [3.63, 3.8) is 0 Å². The number of carbonyl (C=O) groups excluding carboxylic acids is 1. The van der Waals surface area contributed by atoms with Crippen LogP contribution in [0.1, 0.15) is 28.4 Å². The number of rotatable bonds is 7. The van der Waals surface area contributed by atoms with Gasteiger partial charge < -0.3 is 16.4 Å². The van der Waals surface area contributed by atoms with Crippen LogP contribution in [0.15, 0.2) is 59.6 Å². The average Bonchev–Trinajstić information content (AvgIpc) is 2.61. The van der Waals surface area contributed by atoms with E-state index in [0.717, 1.165) is 18.5 Å². The molecule has 5 heteroatoms. The number of carbonyl (C=O) groups is 1. The molecule has 5 nitrogen and oxygen atoms in total. The highest BCUT2D eigenvalue weighted by Crippen LogP contribution is 2.05. The van der Waals surface area contributed by atoms with Gasteiger partial charge in [0.15, 0.2) is 5.96 Å². The van der Waals surface area contributed by atoms with Gasteiger partial charge in [0.25, 0.3) is 5.91 Å². The summed E-state index contributed by atoms with van der Waals surface area (Å²) < 4.78 is 0. The van der Waals surface area contributed by atoms with Gasteiger partial charge in [0.05, 0.1) is 6.54 Å². The van der Waals surface area contributed by atoms with Gasteiger partial charge in [0.2, 0.25) is 0 Å². The van der Waals surface area contributed by atoms with Crippen molar-refractivity contribution in [2.24, 2.45) is 10.7 Å². The summed E-state index contributed by atoms with van der Waals surface area (Å²) in [6.45, 7) is 3.75. The van der Waals surface area contributed by atoms with Crippen molar-refractivity contribution in [3.05, 3.63) is 71.3 Å². The Labute approximate surface area is 143 Å². The van der Waals surface area contributed by atoms with Crippen LogP contribution in [0.3, 0.4) is 0 Å². The molecule has 0 fully saturated rings. The van der Waals surface area contributed by atoms with Crippen LogP contribution in [0.4, 0.5) is 0 Å². The van der Waals surface area contributed by atoms with Crippen molar-refractivity contribution in [2.75, 3.05) is 13.1 Å². The number of hydrogen-bond acceptors (Lipinski definition) is 2. The van der Waals surface area contributed by atoms with E-state index in [-0.39, 0.29) is 5.91 Å². The number of amides is 1. The molecule has 0 aliphatic carbocycles. The topological polar surface area (TPSA) is 79.5 Å². The first-order valence-corrected chi connectivity index (χ1v) is 8.14. The molecule has 0 aliphatic rings. The maximum absolute atomic E-state index is 11.7. The molecule has 0 saturated heterocycles. The minimum absolute atomic E-state index is 0.0605. The quantitative estimate of drug-likeness (QED) is 0.539. The molecular formula is C19H24N4O. The van der Waals surface area contributed by atoms with Gasteiger partial charge in [-0.1, -0.05) is 42.5 Å². The molecule has 2 aromatic carbocycles. The summed E-state index contributed by atoms with van der Waals surface area (Å²) in [7, 11) is 0. The normalized spacial score (nSPS) is 11.1. The predicted molar refractivity (Wildman–Crippen MR) is 97.9 cm³/mol. The molecule has 0 spiro atoms. The Morgan fingerprint density at radius 3 is 2.38 bits per heavy atom. The van der Waals surface area contributed by atoms with Crippen molar-refractivity contribution in [3.8, 4) is 0 Å². The maximum Gasteiger partial charge on any atom is 0.251 e. The molecule has 0 radical (unpaired) electrons. The van der Waals surface area contributed by atoms with Gasteiger partial charge in [-0.05, 0) is 36.6 Å². The zero-order valence-electron chi connectivity index (χ0n) is 14.0. The van der Waals surface area contributed by atoms with Gasteiger partial charge in [-0.2, -0.15) is 0 Å². The summed E-state index contributed by atoms with van der Waals surface area (Å²) in [5, 5.41) is 5.88. The second-order valence-corrected chi connectivity index (χ2v) is 5.42. The third kappa shape index (κ3) is 5.76. The molecule has 0 aromatic heterocycles. The Hall–Kier alpha value is -2.82. The molecule has 0 heterocycles. The molecule has 0 aliphatic heterocycles. The second-order valence-electron chi connectivity index (χ2n) is 5.42. The van der Waals surface area contributed by atoms with E-state index in [1.54, 1.807) is 12.1 Å². The summed E-state index contributed by atoms with van der Waals surface area (Å²) in [5.41, 5.74) is 8.80. The minimum atomic E-state index is -0.0605. The van der Waals surface area contributed by atoms with Crippen LogP contribution in [0, 0.1) is 0 Å². The number of guanidine groups is 1. The van der Waals surface area contributed by atoms with Crippen LogP contribution >= 0.6 is 0 Å². The predicted octanol–water partition coefficient (Wildman–Crippen LogP) is 2.08. The first kappa shape index (κ1) is 17.5. The molecule has 2 rings (SSSR count). The van der Waals surface area contributed by atoms with Crippen LogP contribution < -0.4 is 16.4 Å². The van der Waals surface area contributed by atoms with Gasteiger partial charge >= 0.3 is 0 Å². The van der Waals surface area contributed by atoms with Crippen LogP contribution in [0.2, 0.25) is 0 Å². The van der Waals surface area contributed by atoms with E-state index in [9.17, 15) is 4.79 Å². The summed E-state index contributed by atoms with van der Waals surface area (Å²) in [4.78, 5) is 16.0. The summed E-state index contributed by atoms with van der Waals surface area (Å²) in [6, 6.07) is 17.6. The zero-order chi connectivity index (χ0) is 17.2. The third-order valence-electron chi connectivity index (χ3n) is 3.55. The molecular weight excluding hydrogens is 300 g/mol. The van der Waals surface area contributed by atoms with E-state index in [4.69, 9.17) is 5.73 Å². The van der Waals surface area contributed by atoms with E-state index >= 15 is 0 Å². The maximum atomic E-state index is 11.7. The highest BCUT2D eigenvalue weighted by Gasteiger charge is 2.03. The largest absolute Gasteiger partial charge is 0.370 e. The lowest BCUT2D eigenvalue weighted by Crippen LogP contribution is -2.33. The smallest absolute Gasteiger partial charge is 0.251 e. The molecule has 0 saturated carbocycles. The molecule has 1 amide bonds. The van der Waals surface area contributed by atoms with Crippen molar-refractivity contribution < 1.29 is 4.79 Å². The van der Waals surface area contributed by atoms with Crippen molar-refractivity contribution >= 4 is 11.9 Å². The first-order chi connectivity index (χ1) is 11.7. The molecule has 2 aromatic rings. The Morgan fingerprint density at radius 1 is 1.00 bits per heavy atom. The van der Waals surface area contributed by atoms with E-state index < -0.39 is 0 Å². The summed E-state index contributed by atoms with van der Waals surface area (Å²) >= 11 is 0. The molecule has 4 N–H and O–H groups in total. The number of aliphatic imine (C=N–C) groups is 1. The third-order valence-corrected chi connectivity index (χ3v) is 3.55. The van der Waals surface area contributed by atoms with Gasteiger partial charge in [-0.3, -0.25) is 4.79 Å². The van der Waals surface area contributed by atoms with Gasteiger partial charge in [-0.25, -0.2) is 4.99 Å². The van der Waals surface area contributed by atoms with Gasteiger partial charge in [0.1, 0.15) is 0 Å². The lowest BCUT2D eigenvalue weighted by atomic mass is 10.1. The van der Waals surface area contributed by atoms with Gasteiger partial charge in [-0.15, -0.1) is 0 Å². The fourth-order valence-corrected chi connectivity index (χ4v) is 2.24. The second kappa shape index (κ2) is 9.35. The molecule has 0 bridgehead atoms. The number of hydrogen-bond donors (Lipinski definition) is 3. The summed E-state index contributed by atoms with van der Waals surface area (Å²) in [6.07, 6.45) is 0.901. The van der Waals surface area contributed by atoms with Crippen molar-refractivity contribution in [1.29, 1.82) is 0 Å². The van der Waals surface area contributed by atoms with E-state index in [1.165, 1.54) is 5.56 Å². The molecule has 126 valence electrons. The van der Waals surface area contributed by atoms with Crippen LogP contribution in [0.25, 0.3) is 0 Å². The Balaban J connectivity index is 1.78. The zero-order valence-corrected chi connectivity index (χ0v) is 14.0. The van der Waals surface area contributed by atoms with E-state index in [0.29, 0.717) is 24.6 Å². The first-order valence-electron chi connectivity index (χ1n) is 8.14. The minimum Gasteiger partial charge on any atom is -0.370 e. The monoisotopic (exact) mass is 324 g/mol. The summed E-state index contributed by atoms with van der Waals surface area (Å²) in [5.74, 6) is 0.369. The highest BCUT2D eigenvalue weighted by molar-refractivity contribution is 5.94. The lowest BCUT2D eigenvalue weighted by molar-refractivity contribution is 0.0956. The molecule has 24 heavy (non-hydrogen) atoms. The van der Waals surface area contributed by atoms with Crippen LogP contribution in [-0.4, -0.2) is 25.0 Å². The SMILES string of the molecule is CCNC(=O)c1ccc(CN=C(N)NCCc2ccccc2)cc1. The highest BCUT2D eigenvalue weighted by atomic mass is 16.1. The fraction of sp³-hybridized carbons (Fsp3) is 0.263. The number of nitrogens with one attached hydrogen (secondary N) is 2. The van der Waals surface area contributed by atoms with Crippen molar-refractivity contribution in [1.82, 2.24) is 10.6 Å². The average molecular weight is 324 g/mol. The van der Waals surface area contributed by atoms with Crippen LogP contribution in [0.5, 0.6) is 0 Å². The number of nitrogens with zero attached hydrogens (tertiary/aromatic N) is 1. The Morgan fingerprint density at radius 2 is 1.71 bits per heavy atom. The van der Waals surface area contributed by atoms with Crippen molar-refractivity contribution in [2.45, 2.75) is 19.9 Å². The van der Waals surface area contributed by atoms with Gasteiger partial charge in [0, 0.05) is 18.7 Å². The fourth-order valence-electron chi connectivity index (χ4n) is 2.24. The number of benzene rings is 2. The van der Waals surface area contributed by atoms with Crippen LogP contribution in [-0.2, 0) is 13.0 Å². The Bertz CT molecular complexity index is 666. The number of nitrogens with two attached hydrogens (primary N) is 1. The Kier molecular flexibility index (Phi) is 6.83. The van der Waals surface area contributed by atoms with E-state index in [2.05, 4.69) is 27.8 Å². The standard InChI is InChI=1S/C19H24N4O/c1-2-21-18(24)17-10-8-16(9-11-17)14-23-19(20)22-13-12-15-6-4-3-5-7-15/h3-11H,2,12-14H2,1H3,(H,21,24)(H3,20,22,23). The van der Waals surface area contributed by atoms with E-state index in [1.807, 2.05) is 37.3 Å².